The first-order valence-corrected chi connectivity index (χ1v) is 2.54. The molecule has 0 aliphatic rings. The van der Waals surface area contributed by atoms with Crippen LogP contribution in [0.3, 0.4) is 0 Å². The van der Waals surface area contributed by atoms with Crippen LogP contribution >= 0.6 is 0 Å². The first-order valence-electron chi connectivity index (χ1n) is 2.54. The molecule has 52 valence electrons. The van der Waals surface area contributed by atoms with Crippen LogP contribution in [0.2, 0.25) is 0 Å². The van der Waals surface area contributed by atoms with Crippen molar-refractivity contribution in [3.63, 3.8) is 0 Å². The van der Waals surface area contributed by atoms with Crippen LogP contribution in [0.1, 0.15) is 13.8 Å². The summed E-state index contributed by atoms with van der Waals surface area (Å²) in [7, 11) is 0. The van der Waals surface area contributed by atoms with Crippen molar-refractivity contribution in [1.29, 1.82) is 0 Å². The van der Waals surface area contributed by atoms with E-state index in [4.69, 9.17) is 0 Å². The third-order valence-corrected chi connectivity index (χ3v) is 0.618. The van der Waals surface area contributed by atoms with E-state index >= 15 is 0 Å². The minimum atomic E-state index is -1.55. The van der Waals surface area contributed by atoms with E-state index in [0.29, 0.717) is 0 Å². The molecule has 0 rings (SSSR count). The quantitative estimate of drug-likeness (QED) is 0.419. The Kier molecular flexibility index (Phi) is 2.91. The second kappa shape index (κ2) is 3.22. The Morgan fingerprint density at radius 1 is 1.78 bits per heavy atom. The van der Waals surface area contributed by atoms with Gasteiger partial charge in [-0.2, -0.15) is 0 Å². The van der Waals surface area contributed by atoms with Crippen molar-refractivity contribution in [3.05, 3.63) is 12.2 Å². The smallest absolute Gasteiger partial charge is 0.335 e. The molecular weight excluding hydrogens is 123 g/mol. The first-order chi connectivity index (χ1) is 4.04. The van der Waals surface area contributed by atoms with Crippen molar-refractivity contribution >= 4 is 5.97 Å². The first kappa shape index (κ1) is 8.14. The number of hydrogen-bond donors (Lipinski definition) is 0. The van der Waals surface area contributed by atoms with E-state index < -0.39 is 12.3 Å². The summed E-state index contributed by atoms with van der Waals surface area (Å²) in [5.41, 5.74) is 0.208. The normalized spacial score (nSPS) is 12.3. The standard InChI is InChI=1S/C6H9FO2/c1-4(2)6(8)9-5(3)7/h5H,1H2,2-3H3. The van der Waals surface area contributed by atoms with E-state index in [-0.39, 0.29) is 5.57 Å². The average Bonchev–Trinajstić information content (AvgIpc) is 1.63. The minimum Gasteiger partial charge on any atom is -0.428 e. The molecule has 0 N–H and O–H groups in total. The maximum absolute atomic E-state index is 11.8. The summed E-state index contributed by atoms with van der Waals surface area (Å²) in [4.78, 5) is 10.4. The lowest BCUT2D eigenvalue weighted by Crippen LogP contribution is -2.10. The van der Waals surface area contributed by atoms with Crippen molar-refractivity contribution in [1.82, 2.24) is 0 Å². The molecule has 0 amide bonds. The highest BCUT2D eigenvalue weighted by Gasteiger charge is 2.06. The van der Waals surface area contributed by atoms with Crippen LogP contribution in [0.25, 0.3) is 0 Å². The highest BCUT2D eigenvalue weighted by molar-refractivity contribution is 5.86. The number of halogens is 1. The Hall–Kier alpha value is -0.860. The van der Waals surface area contributed by atoms with E-state index in [1.54, 1.807) is 0 Å². The second-order valence-corrected chi connectivity index (χ2v) is 1.73. The molecule has 0 spiro atoms. The summed E-state index contributed by atoms with van der Waals surface area (Å²) in [6.07, 6.45) is -1.55. The number of carbonyl (C=O) groups is 1. The zero-order valence-electron chi connectivity index (χ0n) is 5.48. The molecule has 0 bridgehead atoms. The van der Waals surface area contributed by atoms with Crippen molar-refractivity contribution in [2.75, 3.05) is 0 Å². The SMILES string of the molecule is C=C(C)C(=O)OC(C)F. The van der Waals surface area contributed by atoms with Gasteiger partial charge < -0.3 is 4.74 Å². The van der Waals surface area contributed by atoms with Gasteiger partial charge in [-0.05, 0) is 6.92 Å². The lowest BCUT2D eigenvalue weighted by atomic mass is 10.4. The second-order valence-electron chi connectivity index (χ2n) is 1.73. The predicted molar refractivity (Wildman–Crippen MR) is 31.5 cm³/mol. The van der Waals surface area contributed by atoms with E-state index in [9.17, 15) is 9.18 Å². The number of rotatable bonds is 2. The van der Waals surface area contributed by atoms with Gasteiger partial charge in [-0.25, -0.2) is 9.18 Å². The average molecular weight is 132 g/mol. The van der Waals surface area contributed by atoms with Gasteiger partial charge in [-0.1, -0.05) is 6.58 Å². The Morgan fingerprint density at radius 3 is 2.33 bits per heavy atom. The largest absolute Gasteiger partial charge is 0.428 e. The molecule has 0 aromatic carbocycles. The van der Waals surface area contributed by atoms with Crippen LogP contribution in [0.15, 0.2) is 12.2 Å². The van der Waals surface area contributed by atoms with E-state index in [1.165, 1.54) is 6.92 Å². The zero-order valence-corrected chi connectivity index (χ0v) is 5.48. The van der Waals surface area contributed by atoms with Crippen LogP contribution in [0.4, 0.5) is 4.39 Å². The highest BCUT2D eigenvalue weighted by Crippen LogP contribution is 1.97. The van der Waals surface area contributed by atoms with Gasteiger partial charge in [0.2, 0.25) is 6.36 Å². The monoisotopic (exact) mass is 132 g/mol. The number of hydrogen-bond acceptors (Lipinski definition) is 2. The van der Waals surface area contributed by atoms with E-state index in [1.807, 2.05) is 0 Å². The minimum absolute atomic E-state index is 0.208. The number of carbonyl (C=O) groups excluding carboxylic acids is 1. The molecule has 0 radical (unpaired) electrons. The van der Waals surface area contributed by atoms with Gasteiger partial charge in [0.1, 0.15) is 0 Å². The van der Waals surface area contributed by atoms with Crippen LogP contribution in [0, 0.1) is 0 Å². The topological polar surface area (TPSA) is 26.3 Å². The lowest BCUT2D eigenvalue weighted by molar-refractivity contribution is -0.150. The van der Waals surface area contributed by atoms with Crippen molar-refractivity contribution in [2.24, 2.45) is 0 Å². The maximum Gasteiger partial charge on any atom is 0.335 e. The summed E-state index contributed by atoms with van der Waals surface area (Å²) in [5, 5.41) is 0. The molecule has 0 saturated carbocycles. The molecule has 1 atom stereocenters. The highest BCUT2D eigenvalue weighted by atomic mass is 19.1. The summed E-state index contributed by atoms with van der Waals surface area (Å²) < 4.78 is 15.9. The van der Waals surface area contributed by atoms with Crippen molar-refractivity contribution in [2.45, 2.75) is 20.2 Å². The van der Waals surface area contributed by atoms with Crippen LogP contribution < -0.4 is 0 Å². The summed E-state index contributed by atoms with van der Waals surface area (Å²) in [6, 6.07) is 0. The summed E-state index contributed by atoms with van der Waals surface area (Å²) in [5.74, 6) is -0.690. The van der Waals surface area contributed by atoms with Crippen LogP contribution in [-0.4, -0.2) is 12.3 Å². The van der Waals surface area contributed by atoms with E-state index in [0.717, 1.165) is 6.92 Å². The van der Waals surface area contributed by atoms with Gasteiger partial charge in [-0.15, -0.1) is 0 Å². The van der Waals surface area contributed by atoms with Gasteiger partial charge in [0.15, 0.2) is 0 Å². The third-order valence-electron chi connectivity index (χ3n) is 0.618. The predicted octanol–water partition coefficient (Wildman–Crippen LogP) is 1.42. The molecule has 9 heavy (non-hydrogen) atoms. The van der Waals surface area contributed by atoms with Gasteiger partial charge in [-0.3, -0.25) is 0 Å². The van der Waals surface area contributed by atoms with Gasteiger partial charge >= 0.3 is 5.97 Å². The molecular formula is C6H9FO2. The maximum atomic E-state index is 11.8. The van der Waals surface area contributed by atoms with Crippen LogP contribution in [-0.2, 0) is 9.53 Å². The number of esters is 1. The Morgan fingerprint density at radius 2 is 2.22 bits per heavy atom. The van der Waals surface area contributed by atoms with Gasteiger partial charge in [0, 0.05) is 12.5 Å². The molecule has 1 unspecified atom stereocenters. The summed E-state index contributed by atoms with van der Waals surface area (Å²) >= 11 is 0. The molecule has 0 saturated heterocycles. The molecule has 2 nitrogen and oxygen atoms in total. The Bertz CT molecular complexity index is 129. The molecule has 0 aromatic rings. The third kappa shape index (κ3) is 3.70. The fourth-order valence-corrected chi connectivity index (χ4v) is 0.248. The van der Waals surface area contributed by atoms with E-state index in [2.05, 4.69) is 11.3 Å². The van der Waals surface area contributed by atoms with Crippen molar-refractivity contribution in [3.8, 4) is 0 Å². The molecule has 0 aromatic heterocycles. The molecule has 0 aliphatic heterocycles. The van der Waals surface area contributed by atoms with Gasteiger partial charge in [0.05, 0.1) is 0 Å². The zero-order chi connectivity index (χ0) is 7.44. The summed E-state index contributed by atoms with van der Waals surface area (Å²) in [6.45, 7) is 5.87. The molecule has 0 heterocycles. The molecule has 0 fully saturated rings. The molecule has 3 heteroatoms. The number of alkyl halides is 1. The van der Waals surface area contributed by atoms with Crippen molar-refractivity contribution < 1.29 is 13.9 Å². The fraction of sp³-hybridized carbons (Fsp3) is 0.500. The fourth-order valence-electron chi connectivity index (χ4n) is 0.248. The van der Waals surface area contributed by atoms with Crippen LogP contribution in [0.5, 0.6) is 0 Å². The Labute approximate surface area is 53.3 Å². The number of ether oxygens (including phenoxy) is 1. The van der Waals surface area contributed by atoms with Gasteiger partial charge in [0.25, 0.3) is 0 Å². The Balaban J connectivity index is 3.65. The lowest BCUT2D eigenvalue weighted by Gasteiger charge is -2.02. The molecule has 0 aliphatic carbocycles.